The van der Waals surface area contributed by atoms with Crippen molar-refractivity contribution in [1.29, 1.82) is 0 Å². The van der Waals surface area contributed by atoms with Crippen LogP contribution in [0.3, 0.4) is 0 Å². The number of aromatic nitrogens is 3. The molecule has 7 heteroatoms. The van der Waals surface area contributed by atoms with Gasteiger partial charge in [0.2, 0.25) is 0 Å². The van der Waals surface area contributed by atoms with E-state index in [1.54, 1.807) is 18.5 Å². The molecule has 0 saturated carbocycles. The summed E-state index contributed by atoms with van der Waals surface area (Å²) in [4.78, 5) is 6.35. The lowest BCUT2D eigenvalue weighted by atomic mass is 10.1. The average molecular weight is 370 g/mol. The van der Waals surface area contributed by atoms with Crippen LogP contribution in [0.4, 0.5) is 10.1 Å². The molecule has 0 radical (unpaired) electrons. The number of anilines is 1. The molecular formula is C19H19FN4OS. The Morgan fingerprint density at radius 3 is 2.54 bits per heavy atom. The van der Waals surface area contributed by atoms with Crippen LogP contribution in [0.1, 0.15) is 5.69 Å². The van der Waals surface area contributed by atoms with E-state index in [2.05, 4.69) is 27.1 Å². The van der Waals surface area contributed by atoms with E-state index in [9.17, 15) is 8.60 Å². The summed E-state index contributed by atoms with van der Waals surface area (Å²) in [6, 6.07) is 11.2. The lowest BCUT2D eigenvalue weighted by molar-refractivity contribution is 0.598. The molecule has 0 spiro atoms. The SMILES string of the molecule is Cc1c(-c2ccc(N3CCS(=O)CC3)cc2)cnn1-c1ncccc1F. The Morgan fingerprint density at radius 1 is 1.12 bits per heavy atom. The van der Waals surface area contributed by atoms with Crippen LogP contribution >= 0.6 is 0 Å². The number of benzene rings is 1. The lowest BCUT2D eigenvalue weighted by Crippen LogP contribution is -2.37. The highest BCUT2D eigenvalue weighted by molar-refractivity contribution is 7.85. The highest BCUT2D eigenvalue weighted by Crippen LogP contribution is 2.27. The van der Waals surface area contributed by atoms with Gasteiger partial charge in [0.15, 0.2) is 11.6 Å². The molecule has 0 amide bonds. The minimum absolute atomic E-state index is 0.203. The van der Waals surface area contributed by atoms with Gasteiger partial charge >= 0.3 is 0 Å². The molecule has 0 unspecified atom stereocenters. The summed E-state index contributed by atoms with van der Waals surface area (Å²) < 4.78 is 27.0. The summed E-state index contributed by atoms with van der Waals surface area (Å²) in [6.07, 6.45) is 3.29. The van der Waals surface area contributed by atoms with Gasteiger partial charge in [-0.3, -0.25) is 4.21 Å². The molecule has 1 aromatic carbocycles. The number of pyridine rings is 1. The lowest BCUT2D eigenvalue weighted by Gasteiger charge is -2.28. The zero-order chi connectivity index (χ0) is 18.1. The van der Waals surface area contributed by atoms with Crippen molar-refractivity contribution >= 4 is 16.5 Å². The molecule has 0 bridgehead atoms. The Balaban J connectivity index is 1.61. The van der Waals surface area contributed by atoms with Crippen molar-refractivity contribution in [3.8, 4) is 16.9 Å². The monoisotopic (exact) mass is 370 g/mol. The third-order valence-electron chi connectivity index (χ3n) is 4.67. The van der Waals surface area contributed by atoms with E-state index in [-0.39, 0.29) is 5.82 Å². The molecule has 134 valence electrons. The number of rotatable bonds is 3. The summed E-state index contributed by atoms with van der Waals surface area (Å²) in [5, 5.41) is 4.31. The van der Waals surface area contributed by atoms with Gasteiger partial charge in [0.1, 0.15) is 0 Å². The van der Waals surface area contributed by atoms with Gasteiger partial charge in [0.25, 0.3) is 0 Å². The maximum absolute atomic E-state index is 14.0. The van der Waals surface area contributed by atoms with E-state index >= 15 is 0 Å². The molecular weight excluding hydrogens is 351 g/mol. The van der Waals surface area contributed by atoms with E-state index in [1.165, 1.54) is 10.7 Å². The second kappa shape index (κ2) is 6.99. The highest BCUT2D eigenvalue weighted by atomic mass is 32.2. The first kappa shape index (κ1) is 16.9. The fraction of sp³-hybridized carbons (Fsp3) is 0.263. The Kier molecular flexibility index (Phi) is 4.55. The van der Waals surface area contributed by atoms with E-state index in [0.717, 1.165) is 47.1 Å². The summed E-state index contributed by atoms with van der Waals surface area (Å²) in [5.74, 6) is 1.25. The standard InChI is InChI=1S/C19H19FN4OS/c1-14-17(13-22-24(14)19-18(20)3-2-8-21-19)15-4-6-16(7-5-15)23-9-11-26(25)12-10-23/h2-8,13H,9-12H2,1H3. The molecule has 4 rings (SSSR count). The fourth-order valence-electron chi connectivity index (χ4n) is 3.19. The Morgan fingerprint density at radius 2 is 1.85 bits per heavy atom. The average Bonchev–Trinajstić information content (AvgIpc) is 3.04. The minimum Gasteiger partial charge on any atom is -0.370 e. The van der Waals surface area contributed by atoms with Crippen molar-refractivity contribution in [1.82, 2.24) is 14.8 Å². The summed E-state index contributed by atoms with van der Waals surface area (Å²) >= 11 is 0. The van der Waals surface area contributed by atoms with Crippen molar-refractivity contribution in [2.75, 3.05) is 29.5 Å². The number of halogens is 1. The van der Waals surface area contributed by atoms with Gasteiger partial charge < -0.3 is 4.90 Å². The molecule has 1 saturated heterocycles. The van der Waals surface area contributed by atoms with Gasteiger partial charge in [-0.25, -0.2) is 14.1 Å². The van der Waals surface area contributed by atoms with Crippen LogP contribution in [0.2, 0.25) is 0 Å². The molecule has 26 heavy (non-hydrogen) atoms. The first-order valence-corrected chi connectivity index (χ1v) is 9.98. The quantitative estimate of drug-likeness (QED) is 0.711. The predicted octanol–water partition coefficient (Wildman–Crippen LogP) is 2.95. The molecule has 1 aliphatic rings. The van der Waals surface area contributed by atoms with Gasteiger partial charge in [0, 0.05) is 52.8 Å². The van der Waals surface area contributed by atoms with E-state index in [0.29, 0.717) is 0 Å². The normalized spacial score (nSPS) is 15.4. The van der Waals surface area contributed by atoms with E-state index < -0.39 is 16.6 Å². The topological polar surface area (TPSA) is 51.0 Å². The maximum Gasteiger partial charge on any atom is 0.189 e. The summed E-state index contributed by atoms with van der Waals surface area (Å²) in [7, 11) is -0.679. The third-order valence-corrected chi connectivity index (χ3v) is 5.95. The van der Waals surface area contributed by atoms with Crippen LogP contribution in [0.15, 0.2) is 48.8 Å². The molecule has 3 heterocycles. The Hall–Kier alpha value is -2.54. The summed E-state index contributed by atoms with van der Waals surface area (Å²) in [5.41, 5.74) is 3.94. The van der Waals surface area contributed by atoms with Crippen LogP contribution in [-0.4, -0.2) is 43.6 Å². The highest BCUT2D eigenvalue weighted by Gasteiger charge is 2.17. The largest absolute Gasteiger partial charge is 0.370 e. The fourth-order valence-corrected chi connectivity index (χ4v) is 4.24. The van der Waals surface area contributed by atoms with Crippen molar-refractivity contribution in [2.24, 2.45) is 0 Å². The Labute approximate surface area is 153 Å². The second-order valence-electron chi connectivity index (χ2n) is 6.25. The molecule has 0 aliphatic carbocycles. The van der Waals surface area contributed by atoms with Gasteiger partial charge in [-0.05, 0) is 36.8 Å². The van der Waals surface area contributed by atoms with Crippen LogP contribution < -0.4 is 4.90 Å². The van der Waals surface area contributed by atoms with Crippen LogP contribution in [-0.2, 0) is 10.8 Å². The van der Waals surface area contributed by atoms with Crippen molar-refractivity contribution in [3.63, 3.8) is 0 Å². The molecule has 2 aromatic heterocycles. The zero-order valence-corrected chi connectivity index (χ0v) is 15.2. The first-order valence-electron chi connectivity index (χ1n) is 8.49. The molecule has 5 nitrogen and oxygen atoms in total. The second-order valence-corrected chi connectivity index (χ2v) is 7.94. The van der Waals surface area contributed by atoms with Crippen LogP contribution in [0.5, 0.6) is 0 Å². The van der Waals surface area contributed by atoms with Gasteiger partial charge in [-0.1, -0.05) is 12.1 Å². The molecule has 1 fully saturated rings. The van der Waals surface area contributed by atoms with Gasteiger partial charge in [-0.2, -0.15) is 5.10 Å². The maximum atomic E-state index is 14.0. The summed E-state index contributed by atoms with van der Waals surface area (Å²) in [6.45, 7) is 3.55. The minimum atomic E-state index is -0.679. The molecule has 3 aromatic rings. The molecule has 1 aliphatic heterocycles. The number of hydrogen-bond acceptors (Lipinski definition) is 4. The first-order chi connectivity index (χ1) is 12.6. The smallest absolute Gasteiger partial charge is 0.189 e. The van der Waals surface area contributed by atoms with E-state index in [4.69, 9.17) is 0 Å². The zero-order valence-electron chi connectivity index (χ0n) is 14.4. The Bertz CT molecular complexity index is 944. The van der Waals surface area contributed by atoms with Crippen LogP contribution in [0.25, 0.3) is 16.9 Å². The molecule has 0 atom stereocenters. The number of hydrogen-bond donors (Lipinski definition) is 0. The predicted molar refractivity (Wildman–Crippen MR) is 102 cm³/mol. The van der Waals surface area contributed by atoms with Gasteiger partial charge in [-0.15, -0.1) is 0 Å². The van der Waals surface area contributed by atoms with E-state index in [1.807, 2.05) is 19.1 Å². The number of nitrogens with zero attached hydrogens (tertiary/aromatic N) is 4. The van der Waals surface area contributed by atoms with Crippen molar-refractivity contribution in [2.45, 2.75) is 6.92 Å². The third kappa shape index (κ3) is 3.14. The van der Waals surface area contributed by atoms with Gasteiger partial charge in [0.05, 0.1) is 11.9 Å². The van der Waals surface area contributed by atoms with Crippen molar-refractivity contribution < 1.29 is 8.60 Å². The molecule has 0 N–H and O–H groups in total. The van der Waals surface area contributed by atoms with Crippen molar-refractivity contribution in [3.05, 3.63) is 60.3 Å². The van der Waals surface area contributed by atoms with Crippen LogP contribution in [0, 0.1) is 12.7 Å².